The van der Waals surface area contributed by atoms with Gasteiger partial charge < -0.3 is 4.75 Å². The van der Waals surface area contributed by atoms with Gasteiger partial charge >= 0.3 is 0 Å². The molecule has 1 heterocycles. The molecule has 0 saturated carbocycles. The van der Waals surface area contributed by atoms with Crippen LogP contribution in [0.15, 0.2) is 13.2 Å². The predicted octanol–water partition coefficient (Wildman–Crippen LogP) is 3.75. The van der Waals surface area contributed by atoms with Gasteiger partial charge in [0.1, 0.15) is 0 Å². The van der Waals surface area contributed by atoms with E-state index in [-0.39, 0.29) is 0 Å². The number of H-pyrrole nitrogens is 1. The van der Waals surface area contributed by atoms with Gasteiger partial charge in [0.05, 0.1) is 5.69 Å². The molecular formula is C10H16NP. The van der Waals surface area contributed by atoms with Crippen LogP contribution < -0.4 is 0 Å². The topological polar surface area (TPSA) is 15.8 Å². The molecule has 1 aromatic rings. The lowest BCUT2D eigenvalue weighted by Gasteiger charge is -2.17. The summed E-state index contributed by atoms with van der Waals surface area (Å²) < 4.78 is 3.31. The van der Waals surface area contributed by atoms with E-state index in [0.717, 1.165) is 8.35 Å². The first-order valence-corrected chi connectivity index (χ1v) is 5.15. The highest BCUT2D eigenvalue weighted by atomic mass is 31.0. The zero-order valence-corrected chi connectivity index (χ0v) is 8.99. The smallest absolute Gasteiger partial charge is 0.0565 e. The highest BCUT2D eigenvalue weighted by Crippen LogP contribution is 2.35. The molecule has 1 N–H and O–H groups in total. The third kappa shape index (κ3) is 1.56. The van der Waals surface area contributed by atoms with Gasteiger partial charge in [-0.1, -0.05) is 35.4 Å². The van der Waals surface area contributed by atoms with Crippen LogP contribution in [0.1, 0.15) is 31.8 Å². The molecule has 2 heteroatoms. The Morgan fingerprint density at radius 3 is 2.25 bits per heavy atom. The van der Waals surface area contributed by atoms with Gasteiger partial charge in [0.2, 0.25) is 0 Å². The van der Waals surface area contributed by atoms with Crippen molar-refractivity contribution in [3.05, 3.63) is 24.1 Å². The first-order chi connectivity index (χ1) is 5.54. The van der Waals surface area contributed by atoms with E-state index in [0.29, 0.717) is 5.92 Å². The molecule has 0 saturated heterocycles. The fourth-order valence-electron chi connectivity index (χ4n) is 1.04. The van der Waals surface area contributed by atoms with Crippen molar-refractivity contribution in [2.24, 2.45) is 5.92 Å². The van der Waals surface area contributed by atoms with Crippen LogP contribution in [0.3, 0.4) is 0 Å². The van der Waals surface area contributed by atoms with Gasteiger partial charge in [0.15, 0.2) is 0 Å². The monoisotopic (exact) mass is 181 g/mol. The van der Waals surface area contributed by atoms with Crippen molar-refractivity contribution in [3.8, 4) is 0 Å². The van der Waals surface area contributed by atoms with Crippen molar-refractivity contribution >= 4 is 19.5 Å². The minimum Gasteiger partial charge on any atom is -0.346 e. The molecule has 0 aliphatic rings. The molecule has 0 aliphatic heterocycles. The lowest BCUT2D eigenvalue weighted by atomic mass is 10.00. The van der Waals surface area contributed by atoms with Crippen LogP contribution in [-0.2, 0) is 0 Å². The average molecular weight is 181 g/mol. The highest BCUT2D eigenvalue weighted by molar-refractivity contribution is 7.28. The second kappa shape index (κ2) is 3.37. The van der Waals surface area contributed by atoms with Gasteiger partial charge in [0, 0.05) is 5.30 Å². The number of aromatic nitrogens is 1. The molecule has 1 nitrogen and oxygen atoms in total. The minimum atomic E-state index is 0.520. The Hall–Kier alpha value is -0.680. The summed E-state index contributed by atoms with van der Waals surface area (Å²) in [5, 5.41) is 1.37. The first-order valence-electron chi connectivity index (χ1n) is 4.15. The number of hydrogen-bond acceptors (Lipinski definition) is 0. The Labute approximate surface area is 75.7 Å². The number of allylic oxidation sites excluding steroid dienone is 2. The predicted molar refractivity (Wildman–Crippen MR) is 58.9 cm³/mol. The number of nitrogens with one attached hydrogen (secondary N) is 1. The second-order valence-electron chi connectivity index (χ2n) is 3.46. The summed E-state index contributed by atoms with van der Waals surface area (Å²) >= 11 is 0. The van der Waals surface area contributed by atoms with E-state index in [2.05, 4.69) is 38.7 Å². The Morgan fingerprint density at radius 1 is 1.42 bits per heavy atom. The summed E-state index contributed by atoms with van der Waals surface area (Å²) in [7, 11) is 0.728. The van der Waals surface area contributed by atoms with Crippen LogP contribution in [0.5, 0.6) is 0 Å². The van der Waals surface area contributed by atoms with Crippen molar-refractivity contribution in [1.29, 1.82) is 0 Å². The summed E-state index contributed by atoms with van der Waals surface area (Å²) in [6.07, 6.45) is 0. The van der Waals surface area contributed by atoms with E-state index in [1.165, 1.54) is 22.1 Å². The first kappa shape index (κ1) is 9.41. The lowest BCUT2D eigenvalue weighted by Crippen LogP contribution is -1.99. The molecule has 66 valence electrons. The lowest BCUT2D eigenvalue weighted by molar-refractivity contribution is 0.852. The van der Waals surface area contributed by atoms with E-state index in [1.54, 1.807) is 0 Å². The summed E-state index contributed by atoms with van der Waals surface area (Å²) in [5.41, 5.74) is 3.60. The molecule has 1 atom stereocenters. The quantitative estimate of drug-likeness (QED) is 0.731. The molecule has 1 rings (SSSR count). The molecule has 0 bridgehead atoms. The summed E-state index contributed by atoms with van der Waals surface area (Å²) in [6.45, 7) is 14.4. The average Bonchev–Trinajstić information content (AvgIpc) is 1.82. The molecule has 12 heavy (non-hydrogen) atoms. The molecule has 0 aliphatic carbocycles. The van der Waals surface area contributed by atoms with Crippen LogP contribution in [0.2, 0.25) is 0 Å². The third-order valence-corrected chi connectivity index (χ3v) is 3.31. The van der Waals surface area contributed by atoms with E-state index >= 15 is 0 Å². The largest absolute Gasteiger partial charge is 0.346 e. The third-order valence-electron chi connectivity index (χ3n) is 2.01. The summed E-state index contributed by atoms with van der Waals surface area (Å²) in [4.78, 5) is 0. The Bertz CT molecular complexity index is 301. The van der Waals surface area contributed by atoms with E-state index in [4.69, 9.17) is 0 Å². The maximum Gasteiger partial charge on any atom is 0.0565 e. The molecular weight excluding hydrogens is 165 g/mol. The van der Waals surface area contributed by atoms with Gasteiger partial charge in [-0.05, 0) is 24.0 Å². The zero-order chi connectivity index (χ0) is 9.30. The molecule has 0 fully saturated rings. The second-order valence-corrected chi connectivity index (χ2v) is 4.46. The fraction of sp³-hybridized carbons (Fsp3) is 0.400. The van der Waals surface area contributed by atoms with Crippen LogP contribution in [0, 0.1) is 5.92 Å². The maximum absolute atomic E-state index is 4.05. The highest BCUT2D eigenvalue weighted by Gasteiger charge is 2.12. The molecule has 1 aromatic heterocycles. The summed E-state index contributed by atoms with van der Waals surface area (Å²) in [6, 6.07) is 0. The van der Waals surface area contributed by atoms with Crippen molar-refractivity contribution < 1.29 is 0 Å². The zero-order valence-electron chi connectivity index (χ0n) is 7.99. The minimum absolute atomic E-state index is 0.520. The number of aromatic amines is 1. The van der Waals surface area contributed by atoms with Crippen LogP contribution in [-0.4, -0.2) is 4.75 Å². The van der Waals surface area contributed by atoms with Crippen LogP contribution in [0.25, 0.3) is 11.1 Å². The number of hydrogen-bond donors (Lipinski definition) is 1. The fourth-order valence-corrected chi connectivity index (χ4v) is 1.95. The van der Waals surface area contributed by atoms with Crippen LogP contribution in [0.4, 0.5) is 0 Å². The van der Waals surface area contributed by atoms with Gasteiger partial charge in [-0.3, -0.25) is 0 Å². The summed E-state index contributed by atoms with van der Waals surface area (Å²) in [5.74, 6) is 0.520. The maximum atomic E-state index is 4.05. The molecule has 1 unspecified atom stereocenters. The van der Waals surface area contributed by atoms with E-state index in [1.807, 2.05) is 0 Å². The van der Waals surface area contributed by atoms with E-state index in [9.17, 15) is 0 Å². The van der Waals surface area contributed by atoms with Gasteiger partial charge in [0.25, 0.3) is 0 Å². The Morgan fingerprint density at radius 2 is 2.00 bits per heavy atom. The van der Waals surface area contributed by atoms with Crippen molar-refractivity contribution in [2.75, 3.05) is 0 Å². The van der Waals surface area contributed by atoms with Gasteiger partial charge in [-0.2, -0.15) is 0 Å². The Balaban J connectivity index is 2.86. The Kier molecular flexibility index (Phi) is 2.64. The van der Waals surface area contributed by atoms with E-state index < -0.39 is 0 Å². The SMILES string of the molecule is C=C(C)c1[pH][nH]c1C(=C)C(C)C. The van der Waals surface area contributed by atoms with Gasteiger partial charge in [-0.15, -0.1) is 0 Å². The van der Waals surface area contributed by atoms with Gasteiger partial charge in [-0.25, -0.2) is 0 Å². The standard InChI is InChI=1S/C10H16NP/c1-6(2)8(5)9-10(7(3)4)12-11-9/h6,11-12H,3,5H2,1-2,4H3. The van der Waals surface area contributed by atoms with Crippen molar-refractivity contribution in [3.63, 3.8) is 0 Å². The van der Waals surface area contributed by atoms with Crippen LogP contribution >= 0.6 is 8.35 Å². The molecule has 0 amide bonds. The molecule has 0 radical (unpaired) electrons. The molecule has 0 aromatic carbocycles. The van der Waals surface area contributed by atoms with Crippen molar-refractivity contribution in [1.82, 2.24) is 4.75 Å². The normalized spacial score (nSPS) is 11.3. The van der Waals surface area contributed by atoms with Crippen molar-refractivity contribution in [2.45, 2.75) is 20.8 Å². The number of rotatable bonds is 3. The molecule has 0 spiro atoms.